The molecule has 0 aliphatic carbocycles. The van der Waals surface area contributed by atoms with E-state index in [0.717, 1.165) is 29.1 Å². The fourth-order valence-electron chi connectivity index (χ4n) is 3.63. The van der Waals surface area contributed by atoms with Crippen molar-refractivity contribution in [3.05, 3.63) is 58.8 Å². The highest BCUT2D eigenvalue weighted by Gasteiger charge is 2.21. The number of hydrogen-bond acceptors (Lipinski definition) is 8. The van der Waals surface area contributed by atoms with Gasteiger partial charge in [-0.2, -0.15) is 0 Å². The molecule has 4 rings (SSSR count). The van der Waals surface area contributed by atoms with E-state index >= 15 is 0 Å². The molecule has 1 fully saturated rings. The molecule has 1 aliphatic rings. The van der Waals surface area contributed by atoms with Crippen LogP contribution in [0.5, 0.6) is 0 Å². The van der Waals surface area contributed by atoms with Crippen LogP contribution in [0, 0.1) is 0 Å². The molecule has 2 aromatic heterocycles. The van der Waals surface area contributed by atoms with Gasteiger partial charge in [-0.05, 0) is 53.9 Å². The largest absolute Gasteiger partial charge is 0.352 e. The lowest BCUT2D eigenvalue weighted by atomic mass is 10.1. The lowest BCUT2D eigenvalue weighted by Gasteiger charge is -2.16. The average Bonchev–Trinajstić information content (AvgIpc) is 3.59. The predicted octanol–water partition coefficient (Wildman–Crippen LogP) is 3.15. The second-order valence-corrected chi connectivity index (χ2v) is 13.7. The van der Waals surface area contributed by atoms with Crippen LogP contribution in [0.1, 0.15) is 29.6 Å². The van der Waals surface area contributed by atoms with E-state index in [2.05, 4.69) is 14.8 Å². The number of carbonyl (C=O) groups excluding carboxylic acids is 2. The van der Waals surface area contributed by atoms with Crippen LogP contribution in [0.15, 0.2) is 61.6 Å². The number of rotatable bonds is 11. The zero-order valence-corrected chi connectivity index (χ0v) is 22.2. The first-order valence-corrected chi connectivity index (χ1v) is 15.7. The molecule has 0 bridgehead atoms. The zero-order chi connectivity index (χ0) is 25.8. The highest BCUT2D eigenvalue weighted by Crippen LogP contribution is 2.27. The summed E-state index contributed by atoms with van der Waals surface area (Å²) in [6.45, 7) is 1.54. The summed E-state index contributed by atoms with van der Waals surface area (Å²) >= 11 is 2.06. The smallest absolute Gasteiger partial charge is 0.271 e. The molecule has 1 aromatic carbocycles. The first kappa shape index (κ1) is 26.1. The summed E-state index contributed by atoms with van der Waals surface area (Å²) < 4.78 is 55.9. The quantitative estimate of drug-likeness (QED) is 0.304. The van der Waals surface area contributed by atoms with E-state index in [-0.39, 0.29) is 31.3 Å². The maximum Gasteiger partial charge on any atom is 0.271 e. The molecule has 14 heteroatoms. The molecular formula is C22H24N4O6S4. The summed E-state index contributed by atoms with van der Waals surface area (Å²) in [5.74, 6) is -0.397. The van der Waals surface area contributed by atoms with Crippen molar-refractivity contribution in [2.24, 2.45) is 0 Å². The molecular weight excluding hydrogens is 545 g/mol. The number of nitrogens with zero attached hydrogens (tertiary/aromatic N) is 1. The third kappa shape index (κ3) is 6.43. The van der Waals surface area contributed by atoms with Crippen molar-refractivity contribution in [2.75, 3.05) is 29.1 Å². The van der Waals surface area contributed by atoms with Gasteiger partial charge in [-0.1, -0.05) is 12.1 Å². The molecule has 3 aromatic rings. The molecule has 36 heavy (non-hydrogen) atoms. The van der Waals surface area contributed by atoms with Crippen LogP contribution in [-0.4, -0.2) is 53.2 Å². The minimum atomic E-state index is -3.93. The lowest BCUT2D eigenvalue weighted by Crippen LogP contribution is -2.30. The van der Waals surface area contributed by atoms with Gasteiger partial charge in [-0.15, -0.1) is 22.7 Å². The minimum Gasteiger partial charge on any atom is -0.352 e. The van der Waals surface area contributed by atoms with E-state index in [1.165, 1.54) is 30.3 Å². The molecule has 3 heterocycles. The second kappa shape index (κ2) is 11.0. The van der Waals surface area contributed by atoms with E-state index in [0.29, 0.717) is 32.5 Å². The Kier molecular flexibility index (Phi) is 7.97. The van der Waals surface area contributed by atoms with Crippen LogP contribution in [0.25, 0.3) is 0 Å². The van der Waals surface area contributed by atoms with Gasteiger partial charge in [0.15, 0.2) is 0 Å². The van der Waals surface area contributed by atoms with Crippen molar-refractivity contribution >= 4 is 65.9 Å². The molecule has 0 saturated carbocycles. The van der Waals surface area contributed by atoms with Crippen LogP contribution in [0.4, 0.5) is 11.4 Å². The minimum absolute atomic E-state index is 0.0302. The number of hydrogen-bond donors (Lipinski definition) is 3. The number of amides is 2. The molecule has 1 aliphatic heterocycles. The third-order valence-electron chi connectivity index (χ3n) is 5.28. The number of benzene rings is 1. The molecule has 1 saturated heterocycles. The first-order chi connectivity index (χ1) is 17.1. The van der Waals surface area contributed by atoms with Gasteiger partial charge < -0.3 is 10.2 Å². The molecule has 0 atom stereocenters. The van der Waals surface area contributed by atoms with Gasteiger partial charge in [0.05, 0.1) is 11.4 Å². The van der Waals surface area contributed by atoms with E-state index < -0.39 is 26.0 Å². The molecule has 2 amide bonds. The van der Waals surface area contributed by atoms with Gasteiger partial charge in [0, 0.05) is 31.6 Å². The fraction of sp³-hybridized carbons (Fsp3) is 0.273. The first-order valence-electron chi connectivity index (χ1n) is 11.0. The molecule has 0 radical (unpaired) electrons. The third-order valence-corrected chi connectivity index (χ3v) is 10.8. The maximum absolute atomic E-state index is 12.9. The van der Waals surface area contributed by atoms with Crippen molar-refractivity contribution in [3.8, 4) is 0 Å². The Labute approximate surface area is 217 Å². The van der Waals surface area contributed by atoms with Crippen LogP contribution in [0.3, 0.4) is 0 Å². The van der Waals surface area contributed by atoms with E-state index in [1.807, 2.05) is 0 Å². The lowest BCUT2D eigenvalue weighted by molar-refractivity contribution is -0.127. The summed E-state index contributed by atoms with van der Waals surface area (Å²) in [5.41, 5.74) is 0.132. The standard InChI is InChI=1S/C22H24N4O6S4/c27-19-5-1-9-26(19)10-4-8-23-22(28)16-13-17(24-35(29,30)20-6-2-11-33-20)15-18(14-16)25-36(31,32)21-7-3-12-34-21/h2-3,6-7,11-15,24-25H,1,4-5,8-10H2,(H,23,28). The van der Waals surface area contributed by atoms with Crippen molar-refractivity contribution in [1.29, 1.82) is 0 Å². The molecule has 10 nitrogen and oxygen atoms in total. The van der Waals surface area contributed by atoms with Crippen LogP contribution in [-0.2, 0) is 24.8 Å². The molecule has 0 unspecified atom stereocenters. The Morgan fingerprint density at radius 2 is 1.50 bits per heavy atom. The monoisotopic (exact) mass is 568 g/mol. The van der Waals surface area contributed by atoms with E-state index in [1.54, 1.807) is 27.8 Å². The Hall–Kier alpha value is -2.94. The molecule has 0 spiro atoms. The van der Waals surface area contributed by atoms with Crippen LogP contribution in [0.2, 0.25) is 0 Å². The average molecular weight is 569 g/mol. The molecule has 3 N–H and O–H groups in total. The fourth-order valence-corrected chi connectivity index (χ4v) is 7.70. The van der Waals surface area contributed by atoms with Gasteiger partial charge in [-0.3, -0.25) is 19.0 Å². The Morgan fingerprint density at radius 3 is 1.97 bits per heavy atom. The van der Waals surface area contributed by atoms with Gasteiger partial charge >= 0.3 is 0 Å². The molecule has 192 valence electrons. The van der Waals surface area contributed by atoms with Crippen molar-refractivity contribution in [2.45, 2.75) is 27.7 Å². The summed E-state index contributed by atoms with van der Waals surface area (Å²) in [6, 6.07) is 10.1. The van der Waals surface area contributed by atoms with Gasteiger partial charge in [0.2, 0.25) is 5.91 Å². The normalized spacial score (nSPS) is 14.1. The van der Waals surface area contributed by atoms with E-state index in [9.17, 15) is 26.4 Å². The van der Waals surface area contributed by atoms with Gasteiger partial charge in [-0.25, -0.2) is 16.8 Å². The summed E-state index contributed by atoms with van der Waals surface area (Å²) in [5, 5.41) is 5.99. The number of nitrogens with one attached hydrogen (secondary N) is 3. The SMILES string of the molecule is O=C(NCCCN1CCCC1=O)c1cc(NS(=O)(=O)c2cccs2)cc(NS(=O)(=O)c2cccs2)c1. The Bertz CT molecular complexity index is 1350. The summed E-state index contributed by atoms with van der Waals surface area (Å²) in [6.07, 6.45) is 1.94. The van der Waals surface area contributed by atoms with Gasteiger partial charge in [0.25, 0.3) is 26.0 Å². The predicted molar refractivity (Wildman–Crippen MR) is 139 cm³/mol. The zero-order valence-electron chi connectivity index (χ0n) is 19.0. The Morgan fingerprint density at radius 1 is 0.917 bits per heavy atom. The topological polar surface area (TPSA) is 142 Å². The van der Waals surface area contributed by atoms with Crippen LogP contribution < -0.4 is 14.8 Å². The van der Waals surface area contributed by atoms with Crippen molar-refractivity contribution in [1.82, 2.24) is 10.2 Å². The number of carbonyl (C=O) groups is 2. The van der Waals surface area contributed by atoms with E-state index in [4.69, 9.17) is 0 Å². The van der Waals surface area contributed by atoms with Crippen LogP contribution >= 0.6 is 22.7 Å². The van der Waals surface area contributed by atoms with Crippen molar-refractivity contribution < 1.29 is 26.4 Å². The highest BCUT2D eigenvalue weighted by molar-refractivity contribution is 7.95. The van der Waals surface area contributed by atoms with Crippen molar-refractivity contribution in [3.63, 3.8) is 0 Å². The number of sulfonamides is 2. The summed E-state index contributed by atoms with van der Waals surface area (Å²) in [4.78, 5) is 26.3. The number of thiophene rings is 2. The highest BCUT2D eigenvalue weighted by atomic mass is 32.3. The summed E-state index contributed by atoms with van der Waals surface area (Å²) in [7, 11) is -7.86. The second-order valence-electron chi connectivity index (χ2n) is 7.97. The maximum atomic E-state index is 12.9. The number of anilines is 2. The number of likely N-dealkylation sites (tertiary alicyclic amines) is 1. The Balaban J connectivity index is 1.53. The van der Waals surface area contributed by atoms with Gasteiger partial charge in [0.1, 0.15) is 8.42 Å².